The molecule has 2 aromatic rings. The molecule has 4 heteroatoms. The van der Waals surface area contributed by atoms with Gasteiger partial charge in [-0.05, 0) is 35.4 Å². The Hall–Kier alpha value is -2.88. The molecule has 0 unspecified atom stereocenters. The van der Waals surface area contributed by atoms with Crippen LogP contribution in [0.1, 0.15) is 0 Å². The number of rotatable bonds is 2. The highest BCUT2D eigenvalue weighted by molar-refractivity contribution is 6.28. The molecule has 20 heavy (non-hydrogen) atoms. The fourth-order valence-electron chi connectivity index (χ4n) is 2.11. The summed E-state index contributed by atoms with van der Waals surface area (Å²) in [6, 6.07) is 14.0. The molecule has 1 N–H and O–H groups in total. The molecule has 1 heterocycles. The van der Waals surface area contributed by atoms with Crippen molar-refractivity contribution >= 4 is 17.5 Å². The van der Waals surface area contributed by atoms with Gasteiger partial charge in [-0.1, -0.05) is 24.3 Å². The van der Waals surface area contributed by atoms with Gasteiger partial charge in [0, 0.05) is 12.2 Å². The highest BCUT2D eigenvalue weighted by Crippen LogP contribution is 2.26. The van der Waals surface area contributed by atoms with Gasteiger partial charge in [0.25, 0.3) is 11.8 Å². The van der Waals surface area contributed by atoms with Gasteiger partial charge in [0.2, 0.25) is 0 Å². The van der Waals surface area contributed by atoms with E-state index in [-0.39, 0.29) is 17.6 Å². The second-order valence-corrected chi connectivity index (χ2v) is 4.44. The minimum absolute atomic E-state index is 0.213. The Balaban J connectivity index is 1.90. The van der Waals surface area contributed by atoms with Crippen molar-refractivity contribution in [2.24, 2.45) is 0 Å². The Kier molecular flexibility index (Phi) is 2.84. The van der Waals surface area contributed by atoms with Gasteiger partial charge >= 0.3 is 0 Å². The van der Waals surface area contributed by atoms with Crippen LogP contribution in [0.3, 0.4) is 0 Å². The average Bonchev–Trinajstić information content (AvgIpc) is 2.79. The first kappa shape index (κ1) is 12.2. The standard InChI is InChI=1S/C16H11NO3/c18-14-7-3-12(4-8-14)11-1-5-13(6-2-11)17-15(19)9-10-16(17)20/h1-10,18H. The van der Waals surface area contributed by atoms with Gasteiger partial charge in [-0.25, -0.2) is 4.90 Å². The van der Waals surface area contributed by atoms with E-state index in [0.717, 1.165) is 16.0 Å². The highest BCUT2D eigenvalue weighted by atomic mass is 16.3. The van der Waals surface area contributed by atoms with Crippen molar-refractivity contribution in [3.8, 4) is 16.9 Å². The Morgan fingerprint density at radius 2 is 1.15 bits per heavy atom. The SMILES string of the molecule is O=C1C=CC(=O)N1c1ccc(-c2ccc(O)cc2)cc1. The normalized spacial score (nSPS) is 14.1. The van der Waals surface area contributed by atoms with E-state index in [0.29, 0.717) is 5.69 Å². The molecule has 0 radical (unpaired) electrons. The zero-order valence-electron chi connectivity index (χ0n) is 10.5. The smallest absolute Gasteiger partial charge is 0.258 e. The molecule has 0 spiro atoms. The number of carbonyl (C=O) groups excluding carboxylic acids is 2. The van der Waals surface area contributed by atoms with Crippen molar-refractivity contribution in [1.29, 1.82) is 0 Å². The number of hydrogen-bond donors (Lipinski definition) is 1. The van der Waals surface area contributed by atoms with Gasteiger partial charge in [-0.15, -0.1) is 0 Å². The Morgan fingerprint density at radius 3 is 1.65 bits per heavy atom. The van der Waals surface area contributed by atoms with Gasteiger partial charge < -0.3 is 5.11 Å². The zero-order valence-corrected chi connectivity index (χ0v) is 10.5. The van der Waals surface area contributed by atoms with Crippen LogP contribution in [0.4, 0.5) is 5.69 Å². The lowest BCUT2D eigenvalue weighted by atomic mass is 10.1. The molecule has 0 saturated heterocycles. The molecule has 1 aliphatic rings. The summed E-state index contributed by atoms with van der Waals surface area (Å²) in [5.74, 6) is -0.440. The molecule has 0 bridgehead atoms. The third-order valence-electron chi connectivity index (χ3n) is 3.14. The number of aromatic hydroxyl groups is 1. The molecule has 0 aromatic heterocycles. The van der Waals surface area contributed by atoms with E-state index in [9.17, 15) is 14.7 Å². The lowest BCUT2D eigenvalue weighted by Gasteiger charge is -2.14. The lowest BCUT2D eigenvalue weighted by molar-refractivity contribution is -0.119. The molecule has 0 atom stereocenters. The molecule has 4 nitrogen and oxygen atoms in total. The van der Waals surface area contributed by atoms with Crippen LogP contribution in [0.5, 0.6) is 5.75 Å². The first-order valence-electron chi connectivity index (χ1n) is 6.11. The van der Waals surface area contributed by atoms with Gasteiger partial charge in [-0.2, -0.15) is 0 Å². The molecule has 1 aliphatic heterocycles. The minimum Gasteiger partial charge on any atom is -0.508 e. The topological polar surface area (TPSA) is 57.6 Å². The van der Waals surface area contributed by atoms with Crippen LogP contribution in [0.15, 0.2) is 60.7 Å². The number of nitrogens with zero attached hydrogens (tertiary/aromatic N) is 1. The summed E-state index contributed by atoms with van der Waals surface area (Å²) in [7, 11) is 0. The number of amides is 2. The number of hydrogen-bond acceptors (Lipinski definition) is 3. The van der Waals surface area contributed by atoms with Crippen LogP contribution in [-0.2, 0) is 9.59 Å². The number of phenolic OH excluding ortho intramolecular Hbond substituents is 1. The Bertz CT molecular complexity index is 682. The molecule has 2 amide bonds. The number of carbonyl (C=O) groups is 2. The molecule has 0 fully saturated rings. The number of phenols is 1. The summed E-state index contributed by atoms with van der Waals surface area (Å²) >= 11 is 0. The third kappa shape index (κ3) is 2.07. The van der Waals surface area contributed by atoms with Crippen molar-refractivity contribution in [2.45, 2.75) is 0 Å². The quantitative estimate of drug-likeness (QED) is 0.849. The van der Waals surface area contributed by atoms with Crippen LogP contribution in [0.2, 0.25) is 0 Å². The largest absolute Gasteiger partial charge is 0.508 e. The molecule has 0 aliphatic carbocycles. The van der Waals surface area contributed by atoms with Crippen molar-refractivity contribution < 1.29 is 14.7 Å². The van der Waals surface area contributed by atoms with E-state index in [4.69, 9.17) is 0 Å². The van der Waals surface area contributed by atoms with Crippen LogP contribution in [-0.4, -0.2) is 16.9 Å². The summed E-state index contributed by atoms with van der Waals surface area (Å²) in [5, 5.41) is 9.26. The number of imide groups is 1. The van der Waals surface area contributed by atoms with Gasteiger partial charge in [0.1, 0.15) is 5.75 Å². The number of anilines is 1. The summed E-state index contributed by atoms with van der Waals surface area (Å²) < 4.78 is 0. The van der Waals surface area contributed by atoms with E-state index < -0.39 is 0 Å². The maximum Gasteiger partial charge on any atom is 0.258 e. The zero-order chi connectivity index (χ0) is 14.1. The van der Waals surface area contributed by atoms with E-state index in [1.165, 1.54) is 12.2 Å². The summed E-state index contributed by atoms with van der Waals surface area (Å²) in [6.45, 7) is 0. The molecule has 3 rings (SSSR count). The molecular formula is C16H11NO3. The fraction of sp³-hybridized carbons (Fsp3) is 0. The Labute approximate surface area is 115 Å². The maximum atomic E-state index is 11.6. The molecule has 2 aromatic carbocycles. The van der Waals surface area contributed by atoms with E-state index in [2.05, 4.69) is 0 Å². The fourth-order valence-corrected chi connectivity index (χ4v) is 2.11. The van der Waals surface area contributed by atoms with Crippen LogP contribution >= 0.6 is 0 Å². The van der Waals surface area contributed by atoms with Crippen molar-refractivity contribution in [3.63, 3.8) is 0 Å². The van der Waals surface area contributed by atoms with Crippen molar-refractivity contribution in [3.05, 3.63) is 60.7 Å². The van der Waals surface area contributed by atoms with Crippen molar-refractivity contribution in [2.75, 3.05) is 4.90 Å². The molecular weight excluding hydrogens is 254 g/mol. The van der Waals surface area contributed by atoms with Gasteiger partial charge in [0.15, 0.2) is 0 Å². The summed E-state index contributed by atoms with van der Waals surface area (Å²) in [4.78, 5) is 24.3. The summed E-state index contributed by atoms with van der Waals surface area (Å²) in [6.07, 6.45) is 2.52. The summed E-state index contributed by atoms with van der Waals surface area (Å²) in [5.41, 5.74) is 2.44. The number of benzene rings is 2. The van der Waals surface area contributed by atoms with Crippen LogP contribution in [0.25, 0.3) is 11.1 Å². The second-order valence-electron chi connectivity index (χ2n) is 4.44. The predicted molar refractivity (Wildman–Crippen MR) is 75.2 cm³/mol. The first-order valence-corrected chi connectivity index (χ1v) is 6.11. The van der Waals surface area contributed by atoms with Gasteiger partial charge in [-0.3, -0.25) is 9.59 Å². The first-order chi connectivity index (χ1) is 9.65. The lowest BCUT2D eigenvalue weighted by Crippen LogP contribution is -2.29. The van der Waals surface area contributed by atoms with Crippen LogP contribution in [0, 0.1) is 0 Å². The maximum absolute atomic E-state index is 11.6. The van der Waals surface area contributed by atoms with E-state index in [1.807, 2.05) is 12.1 Å². The Morgan fingerprint density at radius 1 is 0.700 bits per heavy atom. The van der Waals surface area contributed by atoms with Gasteiger partial charge in [0.05, 0.1) is 5.69 Å². The second kappa shape index (κ2) is 4.66. The molecule has 98 valence electrons. The minimum atomic E-state index is -0.326. The van der Waals surface area contributed by atoms with E-state index in [1.54, 1.807) is 36.4 Å². The average molecular weight is 265 g/mol. The highest BCUT2D eigenvalue weighted by Gasteiger charge is 2.24. The monoisotopic (exact) mass is 265 g/mol. The van der Waals surface area contributed by atoms with E-state index >= 15 is 0 Å². The van der Waals surface area contributed by atoms with Crippen LogP contribution < -0.4 is 4.90 Å². The van der Waals surface area contributed by atoms with Crippen molar-refractivity contribution in [1.82, 2.24) is 0 Å². The molecule has 0 saturated carbocycles. The predicted octanol–water partition coefficient (Wildman–Crippen LogP) is 2.49. The third-order valence-corrected chi connectivity index (χ3v) is 3.14.